The van der Waals surface area contributed by atoms with E-state index in [2.05, 4.69) is 19.7 Å². The van der Waals surface area contributed by atoms with Crippen LogP contribution in [0.2, 0.25) is 5.15 Å². The molecule has 0 atom stereocenters. The highest BCUT2D eigenvalue weighted by Crippen LogP contribution is 2.43. The smallest absolute Gasteiger partial charge is 0.150 e. The first-order chi connectivity index (χ1) is 12.2. The maximum absolute atomic E-state index is 6.44. The lowest BCUT2D eigenvalue weighted by molar-refractivity contribution is 0.386. The van der Waals surface area contributed by atoms with Crippen LogP contribution in [0.4, 0.5) is 0 Å². The highest BCUT2D eigenvalue weighted by molar-refractivity contribution is 6.35. The average molecular weight is 351 g/mol. The van der Waals surface area contributed by atoms with Gasteiger partial charge in [0.1, 0.15) is 28.6 Å². The Labute approximate surface area is 149 Å². The van der Waals surface area contributed by atoms with Crippen molar-refractivity contribution in [3.63, 3.8) is 0 Å². The first kappa shape index (κ1) is 14.7. The van der Waals surface area contributed by atoms with Gasteiger partial charge in [-0.25, -0.2) is 9.97 Å². The van der Waals surface area contributed by atoms with Crippen LogP contribution in [0.25, 0.3) is 28.0 Å². The highest BCUT2D eigenvalue weighted by Gasteiger charge is 2.29. The number of fused-ring (bicyclic) bond motifs is 1. The summed E-state index contributed by atoms with van der Waals surface area (Å²) in [6, 6.07) is 12.1. The predicted molar refractivity (Wildman–Crippen MR) is 96.1 cm³/mol. The van der Waals surface area contributed by atoms with E-state index >= 15 is 0 Å². The van der Waals surface area contributed by atoms with Crippen molar-refractivity contribution in [1.82, 2.24) is 19.7 Å². The zero-order valence-electron chi connectivity index (χ0n) is 13.6. The number of rotatable bonds is 3. The number of nitrogens with zero attached hydrogens (tertiary/aromatic N) is 4. The molecule has 1 aliphatic rings. The summed E-state index contributed by atoms with van der Waals surface area (Å²) in [6.07, 6.45) is 3.83. The van der Waals surface area contributed by atoms with Gasteiger partial charge in [-0.05, 0) is 31.9 Å². The summed E-state index contributed by atoms with van der Waals surface area (Å²) in [5.41, 5.74) is 4.53. The Hall–Kier alpha value is -2.66. The molecule has 4 aromatic rings. The summed E-state index contributed by atoms with van der Waals surface area (Å²) >= 11 is 6.44. The fourth-order valence-corrected chi connectivity index (χ4v) is 3.59. The van der Waals surface area contributed by atoms with Gasteiger partial charge < -0.3 is 4.52 Å². The SMILES string of the molecule is Cc1c(-c2cc(C3CC3)on2)c2c(Cl)ncnc2n1-c1ccccc1. The van der Waals surface area contributed by atoms with Crippen molar-refractivity contribution < 1.29 is 4.52 Å². The van der Waals surface area contributed by atoms with Crippen molar-refractivity contribution in [3.8, 4) is 16.9 Å². The second-order valence-electron chi connectivity index (χ2n) is 6.38. The summed E-state index contributed by atoms with van der Waals surface area (Å²) in [6.45, 7) is 2.05. The van der Waals surface area contributed by atoms with Crippen LogP contribution in [0.15, 0.2) is 47.2 Å². The van der Waals surface area contributed by atoms with E-state index in [4.69, 9.17) is 16.1 Å². The van der Waals surface area contributed by atoms with Crippen LogP contribution >= 0.6 is 11.6 Å². The molecule has 124 valence electrons. The van der Waals surface area contributed by atoms with Crippen LogP contribution < -0.4 is 0 Å². The Balaban J connectivity index is 1.82. The van der Waals surface area contributed by atoms with Crippen LogP contribution in [0, 0.1) is 6.92 Å². The molecule has 0 unspecified atom stereocenters. The molecule has 5 nitrogen and oxygen atoms in total. The van der Waals surface area contributed by atoms with E-state index in [9.17, 15) is 0 Å². The molecule has 3 aromatic heterocycles. The van der Waals surface area contributed by atoms with Crippen LogP contribution in [0.3, 0.4) is 0 Å². The fraction of sp³-hybridized carbons (Fsp3) is 0.211. The molecule has 1 aromatic carbocycles. The summed E-state index contributed by atoms with van der Waals surface area (Å²) in [5, 5.41) is 5.54. The van der Waals surface area contributed by atoms with E-state index in [0.29, 0.717) is 11.1 Å². The Morgan fingerprint density at radius 1 is 1.16 bits per heavy atom. The van der Waals surface area contributed by atoms with E-state index in [1.807, 2.05) is 43.3 Å². The minimum atomic E-state index is 0.425. The van der Waals surface area contributed by atoms with Gasteiger partial charge in [0.25, 0.3) is 0 Å². The topological polar surface area (TPSA) is 56.7 Å². The second-order valence-corrected chi connectivity index (χ2v) is 6.74. The van der Waals surface area contributed by atoms with Crippen LogP contribution in [-0.2, 0) is 0 Å². The van der Waals surface area contributed by atoms with E-state index < -0.39 is 0 Å². The predicted octanol–water partition coefficient (Wildman–Crippen LogP) is 4.91. The van der Waals surface area contributed by atoms with Gasteiger partial charge in [0.05, 0.1) is 5.39 Å². The second kappa shape index (κ2) is 5.43. The monoisotopic (exact) mass is 350 g/mol. The average Bonchev–Trinajstić information content (AvgIpc) is 3.28. The van der Waals surface area contributed by atoms with Gasteiger partial charge in [-0.1, -0.05) is 35.0 Å². The Bertz CT molecular complexity index is 1080. The van der Waals surface area contributed by atoms with Gasteiger partial charge in [-0.3, -0.25) is 4.57 Å². The molecule has 5 rings (SSSR count). The lowest BCUT2D eigenvalue weighted by Crippen LogP contribution is -1.97. The molecule has 0 N–H and O–H groups in total. The van der Waals surface area contributed by atoms with Crippen molar-refractivity contribution in [2.45, 2.75) is 25.7 Å². The largest absolute Gasteiger partial charge is 0.360 e. The molecule has 1 aliphatic carbocycles. The van der Waals surface area contributed by atoms with Crippen LogP contribution in [-0.4, -0.2) is 19.7 Å². The molecule has 0 bridgehead atoms. The van der Waals surface area contributed by atoms with Gasteiger partial charge >= 0.3 is 0 Å². The summed E-state index contributed by atoms with van der Waals surface area (Å²) in [4.78, 5) is 8.67. The number of para-hydroxylation sites is 1. The lowest BCUT2D eigenvalue weighted by atomic mass is 10.1. The summed E-state index contributed by atoms with van der Waals surface area (Å²) in [5.74, 6) is 1.46. The normalized spacial score (nSPS) is 14.3. The summed E-state index contributed by atoms with van der Waals surface area (Å²) in [7, 11) is 0. The third kappa shape index (κ3) is 2.27. The quantitative estimate of drug-likeness (QED) is 0.492. The Morgan fingerprint density at radius 3 is 2.72 bits per heavy atom. The molecule has 6 heteroatoms. The van der Waals surface area contributed by atoms with Gasteiger partial charge in [-0.15, -0.1) is 0 Å². The molecule has 1 fully saturated rings. The van der Waals surface area contributed by atoms with E-state index in [-0.39, 0.29) is 0 Å². The maximum Gasteiger partial charge on any atom is 0.150 e. The molecule has 3 heterocycles. The molecule has 0 spiro atoms. The van der Waals surface area contributed by atoms with Crippen LogP contribution in [0.1, 0.15) is 30.2 Å². The minimum Gasteiger partial charge on any atom is -0.360 e. The highest BCUT2D eigenvalue weighted by atomic mass is 35.5. The van der Waals surface area contributed by atoms with E-state index in [0.717, 1.165) is 39.4 Å². The number of aromatic nitrogens is 4. The number of hydrogen-bond acceptors (Lipinski definition) is 4. The van der Waals surface area contributed by atoms with Crippen molar-refractivity contribution in [1.29, 1.82) is 0 Å². The standard InChI is InChI=1S/C19H15ClN4O/c1-11-16(14-9-15(25-23-14)12-7-8-12)17-18(20)21-10-22-19(17)24(11)13-5-3-2-4-6-13/h2-6,9-10,12H,7-8H2,1H3. The first-order valence-corrected chi connectivity index (χ1v) is 8.65. The van der Waals surface area contributed by atoms with Gasteiger partial charge in [0.15, 0.2) is 0 Å². The van der Waals surface area contributed by atoms with Crippen LogP contribution in [0.5, 0.6) is 0 Å². The minimum absolute atomic E-state index is 0.425. The van der Waals surface area contributed by atoms with Gasteiger partial charge in [-0.2, -0.15) is 0 Å². The van der Waals surface area contributed by atoms with Gasteiger partial charge in [0, 0.05) is 28.9 Å². The zero-order valence-corrected chi connectivity index (χ0v) is 14.4. The number of halogens is 1. The molecule has 0 radical (unpaired) electrons. The van der Waals surface area contributed by atoms with E-state index in [1.165, 1.54) is 19.2 Å². The Morgan fingerprint density at radius 2 is 1.96 bits per heavy atom. The number of benzene rings is 1. The maximum atomic E-state index is 6.44. The zero-order chi connectivity index (χ0) is 17.0. The Kier molecular flexibility index (Phi) is 3.18. The molecule has 0 amide bonds. The molecule has 25 heavy (non-hydrogen) atoms. The fourth-order valence-electron chi connectivity index (χ4n) is 3.37. The number of hydrogen-bond donors (Lipinski definition) is 0. The molecule has 0 saturated heterocycles. The van der Waals surface area contributed by atoms with Crippen molar-refractivity contribution in [3.05, 3.63) is 59.3 Å². The first-order valence-electron chi connectivity index (χ1n) is 8.28. The van der Waals surface area contributed by atoms with Crippen molar-refractivity contribution >= 4 is 22.6 Å². The third-order valence-corrected chi connectivity index (χ3v) is 5.01. The molecule has 1 saturated carbocycles. The molecular formula is C19H15ClN4O. The van der Waals surface area contributed by atoms with E-state index in [1.54, 1.807) is 0 Å². The lowest BCUT2D eigenvalue weighted by Gasteiger charge is -2.07. The van der Waals surface area contributed by atoms with Crippen molar-refractivity contribution in [2.75, 3.05) is 0 Å². The summed E-state index contributed by atoms with van der Waals surface area (Å²) < 4.78 is 7.65. The molecular weight excluding hydrogens is 336 g/mol. The molecule has 0 aliphatic heterocycles. The third-order valence-electron chi connectivity index (χ3n) is 4.72. The van der Waals surface area contributed by atoms with Gasteiger partial charge in [0.2, 0.25) is 0 Å². The van der Waals surface area contributed by atoms with Crippen molar-refractivity contribution in [2.24, 2.45) is 0 Å².